The summed E-state index contributed by atoms with van der Waals surface area (Å²) < 4.78 is 0. The van der Waals surface area contributed by atoms with Gasteiger partial charge in [-0.15, -0.1) is 0 Å². The molecule has 0 aromatic heterocycles. The number of nitrogens with one attached hydrogen (secondary N) is 1. The Balaban J connectivity index is 1.88. The third-order valence-electron chi connectivity index (χ3n) is 4.49. The Morgan fingerprint density at radius 1 is 1.37 bits per heavy atom. The summed E-state index contributed by atoms with van der Waals surface area (Å²) in [5, 5.41) is 12.4. The second-order valence-electron chi connectivity index (χ2n) is 5.61. The first-order valence-corrected chi connectivity index (χ1v) is 6.89. The average Bonchev–Trinajstić information content (AvgIpc) is 2.93. The predicted molar refractivity (Wildman–Crippen MR) is 72.6 cm³/mol. The van der Waals surface area contributed by atoms with Crippen molar-refractivity contribution < 1.29 is 9.90 Å². The molecule has 1 amide bonds. The molecule has 2 aliphatic heterocycles. The van der Waals surface area contributed by atoms with Crippen LogP contribution in [0, 0.1) is 5.92 Å². The molecule has 0 aliphatic carbocycles. The first kappa shape index (κ1) is 12.6. The number of carbonyl (C=O) groups excluding carboxylic acids is 1. The highest BCUT2D eigenvalue weighted by Gasteiger charge is 2.44. The van der Waals surface area contributed by atoms with Crippen LogP contribution in [0.5, 0.6) is 0 Å². The Morgan fingerprint density at radius 3 is 2.79 bits per heavy atom. The molecule has 0 bridgehead atoms. The minimum atomic E-state index is -0.0127. The molecule has 1 aromatic rings. The summed E-state index contributed by atoms with van der Waals surface area (Å²) in [5.41, 5.74) is 2.21. The van der Waals surface area contributed by atoms with Crippen LogP contribution in [0.3, 0.4) is 0 Å². The van der Waals surface area contributed by atoms with Crippen molar-refractivity contribution >= 4 is 5.91 Å². The van der Waals surface area contributed by atoms with E-state index in [9.17, 15) is 4.79 Å². The van der Waals surface area contributed by atoms with Gasteiger partial charge >= 0.3 is 0 Å². The van der Waals surface area contributed by atoms with Crippen LogP contribution in [0.4, 0.5) is 0 Å². The van der Waals surface area contributed by atoms with Gasteiger partial charge < -0.3 is 15.3 Å². The number of benzene rings is 1. The highest BCUT2D eigenvalue weighted by Crippen LogP contribution is 2.37. The minimum Gasteiger partial charge on any atom is -0.392 e. The van der Waals surface area contributed by atoms with E-state index in [-0.39, 0.29) is 18.6 Å². The van der Waals surface area contributed by atoms with Crippen LogP contribution in [0.25, 0.3) is 0 Å². The fraction of sp³-hybridized carbons (Fsp3) is 0.533. The average molecular weight is 260 g/mol. The first-order valence-electron chi connectivity index (χ1n) is 6.89. The van der Waals surface area contributed by atoms with Crippen molar-refractivity contribution in [3.63, 3.8) is 0 Å². The lowest BCUT2D eigenvalue weighted by molar-refractivity contribution is -0.136. The maximum Gasteiger partial charge on any atom is 0.239 e. The molecule has 19 heavy (non-hydrogen) atoms. The number of hydrogen-bond donors (Lipinski definition) is 2. The summed E-state index contributed by atoms with van der Waals surface area (Å²) in [6.45, 7) is 1.80. The largest absolute Gasteiger partial charge is 0.392 e. The molecule has 2 N–H and O–H groups in total. The number of nitrogens with zero attached hydrogens (tertiary/aromatic N) is 1. The monoisotopic (exact) mass is 260 g/mol. The third kappa shape index (κ3) is 2.15. The Labute approximate surface area is 113 Å². The van der Waals surface area contributed by atoms with Gasteiger partial charge in [0, 0.05) is 19.5 Å². The molecule has 102 valence electrons. The summed E-state index contributed by atoms with van der Waals surface area (Å²) in [6.07, 6.45) is 1.07. The van der Waals surface area contributed by atoms with Crippen molar-refractivity contribution in [1.82, 2.24) is 10.2 Å². The van der Waals surface area contributed by atoms with E-state index in [0.717, 1.165) is 25.1 Å². The number of rotatable bonds is 2. The van der Waals surface area contributed by atoms with Crippen molar-refractivity contribution in [3.8, 4) is 0 Å². The van der Waals surface area contributed by atoms with Gasteiger partial charge in [0.05, 0.1) is 12.6 Å². The number of likely N-dealkylation sites (tertiary alicyclic amines) is 1. The second-order valence-corrected chi connectivity index (χ2v) is 5.61. The van der Waals surface area contributed by atoms with Gasteiger partial charge in [0.2, 0.25) is 5.91 Å². The van der Waals surface area contributed by atoms with E-state index in [1.807, 2.05) is 24.1 Å². The number of aliphatic hydroxyl groups is 1. The molecule has 3 atom stereocenters. The van der Waals surface area contributed by atoms with Crippen LogP contribution in [-0.4, -0.2) is 42.1 Å². The van der Waals surface area contributed by atoms with Crippen LogP contribution >= 0.6 is 0 Å². The summed E-state index contributed by atoms with van der Waals surface area (Å²) in [6, 6.07) is 8.12. The van der Waals surface area contributed by atoms with Gasteiger partial charge in [0.15, 0.2) is 0 Å². The van der Waals surface area contributed by atoms with E-state index in [1.54, 1.807) is 0 Å². The van der Waals surface area contributed by atoms with Gasteiger partial charge in [-0.2, -0.15) is 0 Å². The number of hydrogen-bond acceptors (Lipinski definition) is 3. The normalized spacial score (nSPS) is 30.5. The van der Waals surface area contributed by atoms with Gasteiger partial charge in [-0.05, 0) is 30.0 Å². The number of piperidine rings is 1. The van der Waals surface area contributed by atoms with Crippen molar-refractivity contribution in [2.45, 2.75) is 25.0 Å². The molecule has 0 spiro atoms. The molecule has 0 saturated carbocycles. The Morgan fingerprint density at radius 2 is 2.11 bits per heavy atom. The summed E-state index contributed by atoms with van der Waals surface area (Å²) in [5.74, 6) is 1.03. The fourth-order valence-corrected chi connectivity index (χ4v) is 3.41. The third-order valence-corrected chi connectivity index (χ3v) is 4.49. The summed E-state index contributed by atoms with van der Waals surface area (Å²) in [4.78, 5) is 14.0. The number of fused-ring (bicyclic) bond motifs is 1. The highest BCUT2D eigenvalue weighted by atomic mass is 16.3. The zero-order chi connectivity index (χ0) is 13.4. The lowest BCUT2D eigenvalue weighted by atomic mass is 9.78. The molecule has 0 radical (unpaired) electrons. The maximum atomic E-state index is 12.1. The molecule has 1 aromatic carbocycles. The van der Waals surface area contributed by atoms with E-state index in [4.69, 9.17) is 5.11 Å². The molecule has 2 fully saturated rings. The number of amides is 1. The van der Waals surface area contributed by atoms with Crippen molar-refractivity contribution in [2.75, 3.05) is 20.1 Å². The van der Waals surface area contributed by atoms with Gasteiger partial charge in [-0.25, -0.2) is 0 Å². The van der Waals surface area contributed by atoms with Gasteiger partial charge in [0.25, 0.3) is 0 Å². The number of likely N-dealkylation sites (N-methyl/N-ethyl adjacent to an activating group) is 1. The lowest BCUT2D eigenvalue weighted by Gasteiger charge is -2.38. The van der Waals surface area contributed by atoms with Crippen molar-refractivity contribution in [2.24, 2.45) is 5.92 Å². The highest BCUT2D eigenvalue weighted by molar-refractivity contribution is 5.83. The van der Waals surface area contributed by atoms with E-state index < -0.39 is 0 Å². The molecule has 4 nitrogen and oxygen atoms in total. The van der Waals surface area contributed by atoms with E-state index in [2.05, 4.69) is 17.4 Å². The second kappa shape index (κ2) is 4.94. The Bertz CT molecular complexity index is 472. The smallest absolute Gasteiger partial charge is 0.239 e. The number of aliphatic hydroxyl groups excluding tert-OH is 1. The van der Waals surface area contributed by atoms with E-state index in [0.29, 0.717) is 11.8 Å². The molecule has 3 unspecified atom stereocenters. The minimum absolute atomic E-state index is 0.0127. The summed E-state index contributed by atoms with van der Waals surface area (Å²) >= 11 is 0. The standard InChI is InChI=1S/C15H20N2O2/c1-17-8-13(11-4-2-10(9-18)3-5-11)12-6-7-16-14(12)15(17)19/h2-5,12-14,16,18H,6-9H2,1H3. The van der Waals surface area contributed by atoms with Crippen molar-refractivity contribution in [3.05, 3.63) is 35.4 Å². The maximum absolute atomic E-state index is 12.1. The molecular formula is C15H20N2O2. The van der Waals surface area contributed by atoms with Crippen LogP contribution in [0.15, 0.2) is 24.3 Å². The van der Waals surface area contributed by atoms with Crippen LogP contribution in [-0.2, 0) is 11.4 Å². The molecule has 2 aliphatic rings. The molecule has 2 heterocycles. The van der Waals surface area contributed by atoms with Gasteiger partial charge in [0.1, 0.15) is 0 Å². The zero-order valence-corrected chi connectivity index (χ0v) is 11.2. The van der Waals surface area contributed by atoms with E-state index in [1.165, 1.54) is 5.56 Å². The fourth-order valence-electron chi connectivity index (χ4n) is 3.41. The predicted octanol–water partition coefficient (Wildman–Crippen LogP) is 0.713. The van der Waals surface area contributed by atoms with Crippen LogP contribution < -0.4 is 5.32 Å². The zero-order valence-electron chi connectivity index (χ0n) is 11.2. The van der Waals surface area contributed by atoms with Gasteiger partial charge in [-0.1, -0.05) is 24.3 Å². The SMILES string of the molecule is CN1CC(c2ccc(CO)cc2)C2CCNC2C1=O. The van der Waals surface area contributed by atoms with Crippen LogP contribution in [0.1, 0.15) is 23.5 Å². The molecule has 2 saturated heterocycles. The quantitative estimate of drug-likeness (QED) is 0.823. The van der Waals surface area contributed by atoms with Crippen LogP contribution in [0.2, 0.25) is 0 Å². The Kier molecular flexibility index (Phi) is 3.29. The number of carbonyl (C=O) groups is 1. The lowest BCUT2D eigenvalue weighted by Crippen LogP contribution is -2.52. The molecule has 4 heteroatoms. The van der Waals surface area contributed by atoms with Gasteiger partial charge in [-0.3, -0.25) is 4.79 Å². The molecule has 3 rings (SSSR count). The Hall–Kier alpha value is -1.39. The topological polar surface area (TPSA) is 52.6 Å². The van der Waals surface area contributed by atoms with E-state index >= 15 is 0 Å². The summed E-state index contributed by atoms with van der Waals surface area (Å²) in [7, 11) is 1.88. The van der Waals surface area contributed by atoms with Crippen molar-refractivity contribution in [1.29, 1.82) is 0 Å². The molecular weight excluding hydrogens is 240 g/mol. The first-order chi connectivity index (χ1) is 9.20.